The zero-order valence-corrected chi connectivity index (χ0v) is 16.3. The van der Waals surface area contributed by atoms with Gasteiger partial charge in [0.25, 0.3) is 0 Å². The summed E-state index contributed by atoms with van der Waals surface area (Å²) in [6.07, 6.45) is 6.99. The normalized spacial score (nSPS) is 18.3. The third-order valence-electron chi connectivity index (χ3n) is 5.77. The number of carbonyl (C=O) groups is 1. The van der Waals surface area contributed by atoms with Crippen LogP contribution in [-0.4, -0.2) is 15.5 Å². The summed E-state index contributed by atoms with van der Waals surface area (Å²) >= 11 is 1.92. The Hall–Kier alpha value is -2.53. The average Bonchev–Trinajstić information content (AvgIpc) is 3.28. The zero-order chi connectivity index (χ0) is 18.4. The summed E-state index contributed by atoms with van der Waals surface area (Å²) in [6.45, 7) is 2.79. The van der Waals surface area contributed by atoms with E-state index < -0.39 is 0 Å². The number of aryl methyl sites for hydroxylation is 1. The van der Waals surface area contributed by atoms with Crippen LogP contribution in [0.3, 0.4) is 0 Å². The maximum Gasteiger partial charge on any atom is 0.322 e. The second kappa shape index (κ2) is 6.57. The third kappa shape index (κ3) is 2.77. The molecule has 2 aliphatic rings. The molecule has 0 fully saturated rings. The molecule has 1 aliphatic carbocycles. The van der Waals surface area contributed by atoms with E-state index in [9.17, 15) is 4.79 Å². The minimum atomic E-state index is -0.0370. The summed E-state index contributed by atoms with van der Waals surface area (Å²) in [5, 5.41) is 4.39. The predicted octanol–water partition coefficient (Wildman–Crippen LogP) is 5.53. The molecule has 5 rings (SSSR count). The summed E-state index contributed by atoms with van der Waals surface area (Å²) in [5.74, 6) is 0. The number of amides is 2. The quantitative estimate of drug-likeness (QED) is 0.595. The Bertz CT molecular complexity index is 988. The Morgan fingerprint density at radius 1 is 1.07 bits per heavy atom. The van der Waals surface area contributed by atoms with Gasteiger partial charge in [0.05, 0.1) is 12.6 Å². The molecule has 2 aromatic heterocycles. The highest BCUT2D eigenvalue weighted by Crippen LogP contribution is 2.42. The van der Waals surface area contributed by atoms with Crippen LogP contribution in [0.4, 0.5) is 10.5 Å². The molecule has 0 bridgehead atoms. The third-order valence-corrected chi connectivity index (χ3v) is 7.10. The van der Waals surface area contributed by atoms with Gasteiger partial charge in [-0.1, -0.05) is 18.2 Å². The van der Waals surface area contributed by atoms with Gasteiger partial charge in [0.1, 0.15) is 5.00 Å². The molecule has 5 heteroatoms. The molecular weight excluding hydrogens is 354 g/mol. The lowest BCUT2D eigenvalue weighted by Gasteiger charge is -2.28. The maximum absolute atomic E-state index is 13.2. The van der Waals surface area contributed by atoms with E-state index >= 15 is 0 Å². The number of nitrogens with one attached hydrogen (secondary N) is 1. The van der Waals surface area contributed by atoms with Gasteiger partial charge in [0.2, 0.25) is 0 Å². The Labute approximate surface area is 163 Å². The second-order valence-corrected chi connectivity index (χ2v) is 8.48. The van der Waals surface area contributed by atoms with E-state index in [0.29, 0.717) is 6.54 Å². The molecule has 1 atom stereocenters. The van der Waals surface area contributed by atoms with Gasteiger partial charge in [-0.05, 0) is 62.4 Å². The lowest BCUT2D eigenvalue weighted by atomic mass is 9.95. The number of urea groups is 1. The number of carbonyl (C=O) groups excluding carboxylic acids is 1. The molecule has 0 radical (unpaired) electrons. The highest BCUT2D eigenvalue weighted by Gasteiger charge is 2.32. The predicted molar refractivity (Wildman–Crippen MR) is 110 cm³/mol. The van der Waals surface area contributed by atoms with Crippen LogP contribution in [0.5, 0.6) is 0 Å². The topological polar surface area (TPSA) is 37.3 Å². The van der Waals surface area contributed by atoms with Gasteiger partial charge >= 0.3 is 6.03 Å². The van der Waals surface area contributed by atoms with Crippen molar-refractivity contribution in [2.45, 2.75) is 45.2 Å². The van der Waals surface area contributed by atoms with Crippen LogP contribution in [0.2, 0.25) is 0 Å². The number of benzene rings is 1. The first-order chi connectivity index (χ1) is 13.2. The molecule has 0 unspecified atom stereocenters. The number of hydrogen-bond donors (Lipinski definition) is 1. The number of anilines is 1. The van der Waals surface area contributed by atoms with Crippen molar-refractivity contribution in [3.8, 4) is 5.00 Å². The van der Waals surface area contributed by atoms with Crippen molar-refractivity contribution in [1.82, 2.24) is 9.47 Å². The van der Waals surface area contributed by atoms with Crippen LogP contribution in [0.25, 0.3) is 5.00 Å². The number of rotatable bonds is 1. The minimum absolute atomic E-state index is 0.0163. The van der Waals surface area contributed by atoms with Gasteiger partial charge in [-0.2, -0.15) is 0 Å². The molecule has 1 aromatic carbocycles. The summed E-state index contributed by atoms with van der Waals surface area (Å²) in [4.78, 5) is 16.7. The molecule has 138 valence electrons. The van der Waals surface area contributed by atoms with E-state index in [1.54, 1.807) is 0 Å². The molecule has 3 aromatic rings. The molecule has 4 nitrogen and oxygen atoms in total. The molecule has 27 heavy (non-hydrogen) atoms. The van der Waals surface area contributed by atoms with Crippen molar-refractivity contribution in [2.24, 2.45) is 0 Å². The summed E-state index contributed by atoms with van der Waals surface area (Å²) in [6, 6.07) is 13.9. The van der Waals surface area contributed by atoms with Gasteiger partial charge in [-0.3, -0.25) is 0 Å². The zero-order valence-electron chi connectivity index (χ0n) is 15.4. The number of aromatic nitrogens is 1. The number of nitrogens with zero attached hydrogens (tertiary/aromatic N) is 2. The fraction of sp³-hybridized carbons (Fsp3) is 0.318. The van der Waals surface area contributed by atoms with Crippen LogP contribution in [0, 0.1) is 0 Å². The van der Waals surface area contributed by atoms with Crippen molar-refractivity contribution >= 4 is 23.1 Å². The Balaban J connectivity index is 1.56. The maximum atomic E-state index is 13.2. The average molecular weight is 378 g/mol. The fourth-order valence-corrected chi connectivity index (χ4v) is 5.73. The van der Waals surface area contributed by atoms with Crippen molar-refractivity contribution in [3.05, 3.63) is 70.4 Å². The Morgan fingerprint density at radius 3 is 2.74 bits per heavy atom. The monoisotopic (exact) mass is 377 g/mol. The smallest absolute Gasteiger partial charge is 0.312 e. The second-order valence-electron chi connectivity index (χ2n) is 7.40. The fourth-order valence-electron chi connectivity index (χ4n) is 4.33. The SMILES string of the molecule is C[C@H]1c2cccn2-c2sc3c(c2CN1C(=O)Nc1ccccc1)CCCC3. The molecule has 3 heterocycles. The first kappa shape index (κ1) is 16.6. The molecule has 1 aliphatic heterocycles. The Morgan fingerprint density at radius 2 is 1.89 bits per heavy atom. The van der Waals surface area contributed by atoms with Gasteiger partial charge in [0, 0.05) is 28.0 Å². The summed E-state index contributed by atoms with van der Waals surface area (Å²) in [7, 11) is 0. The summed E-state index contributed by atoms with van der Waals surface area (Å²) < 4.78 is 2.30. The molecule has 0 saturated heterocycles. The van der Waals surface area contributed by atoms with Crippen molar-refractivity contribution in [2.75, 3.05) is 5.32 Å². The first-order valence-corrected chi connectivity index (χ1v) is 10.5. The number of para-hydroxylation sites is 1. The first-order valence-electron chi connectivity index (χ1n) is 9.66. The number of fused-ring (bicyclic) bond motifs is 5. The molecule has 1 N–H and O–H groups in total. The number of hydrogen-bond acceptors (Lipinski definition) is 2. The van der Waals surface area contributed by atoms with Gasteiger partial charge in [-0.15, -0.1) is 11.3 Å². The van der Waals surface area contributed by atoms with Crippen LogP contribution < -0.4 is 5.32 Å². The van der Waals surface area contributed by atoms with E-state index in [0.717, 1.165) is 12.1 Å². The molecular formula is C22H23N3OS. The van der Waals surface area contributed by atoms with E-state index in [-0.39, 0.29) is 12.1 Å². The largest absolute Gasteiger partial charge is 0.322 e. The van der Waals surface area contributed by atoms with Crippen molar-refractivity contribution in [1.29, 1.82) is 0 Å². The summed E-state index contributed by atoms with van der Waals surface area (Å²) in [5.41, 5.74) is 4.85. The van der Waals surface area contributed by atoms with E-state index in [1.165, 1.54) is 46.0 Å². The van der Waals surface area contributed by atoms with E-state index in [2.05, 4.69) is 35.1 Å². The highest BCUT2D eigenvalue weighted by atomic mass is 32.1. The van der Waals surface area contributed by atoms with Crippen LogP contribution >= 0.6 is 11.3 Å². The van der Waals surface area contributed by atoms with E-state index in [4.69, 9.17) is 0 Å². The lowest BCUT2D eigenvalue weighted by Crippen LogP contribution is -2.36. The van der Waals surface area contributed by atoms with Gasteiger partial charge in [-0.25, -0.2) is 4.79 Å². The lowest BCUT2D eigenvalue weighted by molar-refractivity contribution is 0.189. The van der Waals surface area contributed by atoms with E-state index in [1.807, 2.05) is 46.6 Å². The number of thiophene rings is 1. The molecule has 0 spiro atoms. The van der Waals surface area contributed by atoms with Crippen molar-refractivity contribution < 1.29 is 4.79 Å². The highest BCUT2D eigenvalue weighted by molar-refractivity contribution is 7.15. The minimum Gasteiger partial charge on any atom is -0.312 e. The van der Waals surface area contributed by atoms with Crippen LogP contribution in [0.1, 0.15) is 47.5 Å². The molecule has 2 amide bonds. The molecule has 0 saturated carbocycles. The Kier molecular flexibility index (Phi) is 4.05. The van der Waals surface area contributed by atoms with Crippen LogP contribution in [-0.2, 0) is 19.4 Å². The van der Waals surface area contributed by atoms with Crippen molar-refractivity contribution in [3.63, 3.8) is 0 Å². The van der Waals surface area contributed by atoms with Gasteiger partial charge in [0.15, 0.2) is 0 Å². The van der Waals surface area contributed by atoms with Crippen LogP contribution in [0.15, 0.2) is 48.7 Å². The standard InChI is InChI=1S/C22H23N3OS/c1-15-19-11-7-13-24(19)21-18(17-10-5-6-12-20(17)27-21)14-25(15)22(26)23-16-8-3-2-4-9-16/h2-4,7-9,11,13,15H,5-6,10,12,14H2,1H3,(H,23,26)/t15-/m0/s1. The van der Waals surface area contributed by atoms with Gasteiger partial charge < -0.3 is 14.8 Å².